The molecule has 8 nitrogen and oxygen atoms in total. The second-order valence-electron chi connectivity index (χ2n) is 9.00. The van der Waals surface area contributed by atoms with E-state index in [-0.39, 0.29) is 28.5 Å². The fraction of sp³-hybridized carbons (Fsp3) is 0.652. The number of likely N-dealkylation sites (tertiary alicyclic amines) is 1. The fourth-order valence-electron chi connectivity index (χ4n) is 4.69. The lowest BCUT2D eigenvalue weighted by Gasteiger charge is -2.48. The number of hydrogen-bond donors (Lipinski definition) is 1. The third kappa shape index (κ3) is 5.88. The molecule has 1 aliphatic heterocycles. The van der Waals surface area contributed by atoms with E-state index in [1.54, 1.807) is 0 Å². The van der Waals surface area contributed by atoms with Gasteiger partial charge in [0, 0.05) is 26.2 Å². The van der Waals surface area contributed by atoms with Crippen molar-refractivity contribution in [1.82, 2.24) is 14.5 Å². The summed E-state index contributed by atoms with van der Waals surface area (Å²) in [6, 6.07) is 5.50. The van der Waals surface area contributed by atoms with Crippen LogP contribution >= 0.6 is 0 Å². The van der Waals surface area contributed by atoms with Gasteiger partial charge in [0.2, 0.25) is 10.0 Å². The SMILES string of the molecule is CN(C)S(=O)(=O)c1ccc(C(=O)OCC(=O)NCC2(N3CCCCC3)CCCCC2)cc1. The quantitative estimate of drug-likeness (QED) is 0.593. The molecule has 1 N–H and O–H groups in total. The Morgan fingerprint density at radius 1 is 1.00 bits per heavy atom. The Kier molecular flexibility index (Phi) is 8.30. The van der Waals surface area contributed by atoms with Gasteiger partial charge in [0.15, 0.2) is 6.61 Å². The van der Waals surface area contributed by atoms with Crippen molar-refractivity contribution >= 4 is 21.9 Å². The smallest absolute Gasteiger partial charge is 0.338 e. The molecule has 0 radical (unpaired) electrons. The van der Waals surface area contributed by atoms with Gasteiger partial charge < -0.3 is 10.1 Å². The van der Waals surface area contributed by atoms with Crippen LogP contribution in [0.1, 0.15) is 61.7 Å². The molecule has 3 rings (SSSR count). The van der Waals surface area contributed by atoms with E-state index in [9.17, 15) is 18.0 Å². The predicted molar refractivity (Wildman–Crippen MR) is 122 cm³/mol. The monoisotopic (exact) mass is 465 g/mol. The summed E-state index contributed by atoms with van der Waals surface area (Å²) < 4.78 is 30.5. The Bertz CT molecular complexity index is 887. The maximum atomic E-state index is 12.4. The van der Waals surface area contributed by atoms with Gasteiger partial charge in [0.25, 0.3) is 5.91 Å². The van der Waals surface area contributed by atoms with Crippen molar-refractivity contribution in [3.8, 4) is 0 Å². The van der Waals surface area contributed by atoms with Crippen molar-refractivity contribution in [3.05, 3.63) is 29.8 Å². The Balaban J connectivity index is 1.52. The highest BCUT2D eigenvalue weighted by atomic mass is 32.2. The van der Waals surface area contributed by atoms with E-state index in [2.05, 4.69) is 10.2 Å². The van der Waals surface area contributed by atoms with Gasteiger partial charge >= 0.3 is 5.97 Å². The summed E-state index contributed by atoms with van der Waals surface area (Å²) in [5, 5.41) is 3.00. The minimum absolute atomic E-state index is 0.0199. The third-order valence-corrected chi connectivity index (χ3v) is 8.46. The van der Waals surface area contributed by atoms with Crippen molar-refractivity contribution < 1.29 is 22.7 Å². The zero-order chi connectivity index (χ0) is 23.2. The Hall–Kier alpha value is -1.97. The second-order valence-corrected chi connectivity index (χ2v) is 11.1. The summed E-state index contributed by atoms with van der Waals surface area (Å²) in [5.74, 6) is -0.968. The minimum Gasteiger partial charge on any atom is -0.452 e. The number of carbonyl (C=O) groups is 2. The van der Waals surface area contributed by atoms with E-state index in [1.807, 2.05) is 0 Å². The molecule has 0 spiro atoms. The largest absolute Gasteiger partial charge is 0.452 e. The highest BCUT2D eigenvalue weighted by Gasteiger charge is 2.38. The van der Waals surface area contributed by atoms with Gasteiger partial charge in [-0.05, 0) is 63.0 Å². The highest BCUT2D eigenvalue weighted by Crippen LogP contribution is 2.35. The molecule has 1 aliphatic carbocycles. The Morgan fingerprint density at radius 2 is 1.59 bits per heavy atom. The number of nitrogens with one attached hydrogen (secondary N) is 1. The molecule has 9 heteroatoms. The second kappa shape index (κ2) is 10.8. The lowest BCUT2D eigenvalue weighted by atomic mass is 9.79. The average molecular weight is 466 g/mol. The third-order valence-electron chi connectivity index (χ3n) is 6.63. The van der Waals surface area contributed by atoms with Crippen LogP contribution in [0.2, 0.25) is 0 Å². The van der Waals surface area contributed by atoms with Crippen molar-refractivity contribution in [3.63, 3.8) is 0 Å². The standard InChI is InChI=1S/C23H35N3O5S/c1-25(2)32(29,30)20-11-9-19(10-12-20)22(28)31-17-21(27)24-18-23(13-5-3-6-14-23)26-15-7-4-8-16-26/h9-12H,3-8,13-18H2,1-2H3,(H,24,27). The average Bonchev–Trinajstić information content (AvgIpc) is 2.82. The van der Waals surface area contributed by atoms with Crippen LogP contribution in [0.5, 0.6) is 0 Å². The molecule has 1 amide bonds. The molecule has 2 aliphatic rings. The van der Waals surface area contributed by atoms with Crippen LogP contribution in [0.25, 0.3) is 0 Å². The van der Waals surface area contributed by atoms with E-state index in [1.165, 1.54) is 76.9 Å². The number of ether oxygens (including phenoxy) is 1. The van der Waals surface area contributed by atoms with Crippen molar-refractivity contribution in [1.29, 1.82) is 0 Å². The first-order valence-electron chi connectivity index (χ1n) is 11.5. The minimum atomic E-state index is -3.57. The van der Waals surface area contributed by atoms with Crippen molar-refractivity contribution in [2.75, 3.05) is 40.3 Å². The summed E-state index contributed by atoms with van der Waals surface area (Å²) >= 11 is 0. The zero-order valence-electron chi connectivity index (χ0n) is 19.1. The molecule has 0 unspecified atom stereocenters. The van der Waals surface area contributed by atoms with E-state index in [0.717, 1.165) is 30.2 Å². The van der Waals surface area contributed by atoms with Crippen LogP contribution in [0.15, 0.2) is 29.2 Å². The number of rotatable bonds is 8. The van der Waals surface area contributed by atoms with Crippen molar-refractivity contribution in [2.24, 2.45) is 0 Å². The van der Waals surface area contributed by atoms with Crippen LogP contribution in [0.4, 0.5) is 0 Å². The number of benzene rings is 1. The number of nitrogens with zero attached hydrogens (tertiary/aromatic N) is 2. The van der Waals surface area contributed by atoms with Crippen LogP contribution < -0.4 is 5.32 Å². The topological polar surface area (TPSA) is 96.0 Å². The lowest BCUT2D eigenvalue weighted by Crippen LogP contribution is -2.58. The van der Waals surface area contributed by atoms with E-state index >= 15 is 0 Å². The number of carbonyl (C=O) groups excluding carboxylic acids is 2. The van der Waals surface area contributed by atoms with E-state index in [0.29, 0.717) is 6.54 Å². The molecule has 2 fully saturated rings. The van der Waals surface area contributed by atoms with Crippen molar-refractivity contribution in [2.45, 2.75) is 61.8 Å². The first-order chi connectivity index (χ1) is 15.2. The molecular formula is C23H35N3O5S. The molecule has 32 heavy (non-hydrogen) atoms. The fourth-order valence-corrected chi connectivity index (χ4v) is 5.59. The van der Waals surface area contributed by atoms with E-state index in [4.69, 9.17) is 4.74 Å². The van der Waals surface area contributed by atoms with Crippen LogP contribution in [-0.2, 0) is 19.6 Å². The molecule has 178 valence electrons. The number of esters is 1. The molecule has 1 aromatic carbocycles. The normalized spacial score (nSPS) is 19.5. The Labute approximate surface area is 191 Å². The van der Waals surface area contributed by atoms with Crippen LogP contribution in [0, 0.1) is 0 Å². The molecule has 0 atom stereocenters. The summed E-state index contributed by atoms with van der Waals surface area (Å²) in [6.45, 7) is 2.40. The number of piperidine rings is 1. The molecule has 1 aromatic rings. The summed E-state index contributed by atoms with van der Waals surface area (Å²) in [6.07, 6.45) is 9.49. The van der Waals surface area contributed by atoms with Gasteiger partial charge in [-0.1, -0.05) is 25.7 Å². The van der Waals surface area contributed by atoms with Gasteiger partial charge in [0.1, 0.15) is 0 Å². The molecule has 1 heterocycles. The maximum Gasteiger partial charge on any atom is 0.338 e. The lowest BCUT2D eigenvalue weighted by molar-refractivity contribution is -0.125. The summed E-state index contributed by atoms with van der Waals surface area (Å²) in [7, 11) is -0.679. The first kappa shape index (κ1) is 24.7. The van der Waals surface area contributed by atoms with Gasteiger partial charge in [-0.25, -0.2) is 17.5 Å². The number of amides is 1. The number of sulfonamides is 1. The molecule has 0 aromatic heterocycles. The zero-order valence-corrected chi connectivity index (χ0v) is 20.0. The summed E-state index contributed by atoms with van der Waals surface area (Å²) in [4.78, 5) is 27.4. The first-order valence-corrected chi connectivity index (χ1v) is 12.9. The highest BCUT2D eigenvalue weighted by molar-refractivity contribution is 7.89. The van der Waals surface area contributed by atoms with Gasteiger partial charge in [-0.15, -0.1) is 0 Å². The van der Waals surface area contributed by atoms with Gasteiger partial charge in [-0.2, -0.15) is 0 Å². The van der Waals surface area contributed by atoms with E-state index < -0.39 is 16.0 Å². The van der Waals surface area contributed by atoms with Gasteiger partial charge in [-0.3, -0.25) is 9.69 Å². The molecule has 0 bridgehead atoms. The van der Waals surface area contributed by atoms with Crippen LogP contribution in [0.3, 0.4) is 0 Å². The molecule has 1 saturated carbocycles. The van der Waals surface area contributed by atoms with Crippen LogP contribution in [-0.4, -0.2) is 75.4 Å². The van der Waals surface area contributed by atoms with Gasteiger partial charge in [0.05, 0.1) is 10.5 Å². The number of hydrogen-bond acceptors (Lipinski definition) is 6. The summed E-state index contributed by atoms with van der Waals surface area (Å²) in [5.41, 5.74) is 0.221. The molecule has 1 saturated heterocycles. The maximum absolute atomic E-state index is 12.4. The Morgan fingerprint density at radius 3 is 2.19 bits per heavy atom. The predicted octanol–water partition coefficient (Wildman–Crippen LogP) is 2.40. The molecular weight excluding hydrogens is 430 g/mol.